The van der Waals surface area contributed by atoms with Crippen LogP contribution >= 0.6 is 11.6 Å². The van der Waals surface area contributed by atoms with Crippen LogP contribution in [0.25, 0.3) is 5.70 Å². The number of anilines is 1. The molecule has 9 heteroatoms. The number of imide groups is 1. The lowest BCUT2D eigenvalue weighted by Crippen LogP contribution is -2.62. The van der Waals surface area contributed by atoms with Gasteiger partial charge in [0.05, 0.1) is 11.4 Å². The third kappa shape index (κ3) is 2.68. The van der Waals surface area contributed by atoms with Crippen LogP contribution < -0.4 is 10.2 Å². The standard InChI is InChI=1S/C21H17ClFN5O2/c1-11-3-8-14(9-15(11)22)28-16(12-4-6-13(23)7-5-12)10-27-17-18(24-20(27)28)26(2)21(30)25-19(17)29/h3-10,17-18H,1-2H3,(H,25,29,30). The van der Waals surface area contributed by atoms with Crippen molar-refractivity contribution in [1.29, 1.82) is 0 Å². The van der Waals surface area contributed by atoms with Crippen LogP contribution in [0.1, 0.15) is 11.1 Å². The van der Waals surface area contributed by atoms with E-state index in [0.717, 1.165) is 22.5 Å². The number of guanidine groups is 1. The molecule has 1 fully saturated rings. The Bertz CT molecular complexity index is 1150. The molecule has 0 aromatic heterocycles. The fourth-order valence-electron chi connectivity index (χ4n) is 3.88. The van der Waals surface area contributed by atoms with Crippen LogP contribution in [0.5, 0.6) is 0 Å². The average molecular weight is 426 g/mol. The quantitative estimate of drug-likeness (QED) is 0.802. The van der Waals surface area contributed by atoms with Crippen molar-refractivity contribution in [1.82, 2.24) is 15.1 Å². The van der Waals surface area contributed by atoms with Gasteiger partial charge in [0.1, 0.15) is 5.82 Å². The molecule has 3 aliphatic heterocycles. The number of urea groups is 1. The number of nitrogens with zero attached hydrogens (tertiary/aromatic N) is 4. The molecule has 0 aliphatic carbocycles. The molecule has 0 spiro atoms. The number of nitrogens with one attached hydrogen (secondary N) is 1. The third-order valence-corrected chi connectivity index (χ3v) is 5.94. The first kappa shape index (κ1) is 18.6. The Hall–Kier alpha value is -3.39. The first-order valence-corrected chi connectivity index (χ1v) is 9.71. The van der Waals surface area contributed by atoms with Crippen molar-refractivity contribution in [3.05, 3.63) is 70.6 Å². The van der Waals surface area contributed by atoms with E-state index in [1.54, 1.807) is 30.3 Å². The van der Waals surface area contributed by atoms with Gasteiger partial charge in [-0.15, -0.1) is 0 Å². The normalized spacial score (nSPS) is 22.6. The number of benzene rings is 2. The van der Waals surface area contributed by atoms with Gasteiger partial charge in [-0.25, -0.2) is 14.2 Å². The topological polar surface area (TPSA) is 68.2 Å². The molecule has 2 aromatic rings. The molecule has 5 rings (SSSR count). The van der Waals surface area contributed by atoms with E-state index in [2.05, 4.69) is 5.32 Å². The minimum Gasteiger partial charge on any atom is -0.303 e. The number of amides is 3. The molecule has 0 bridgehead atoms. The second-order valence-corrected chi connectivity index (χ2v) is 7.80. The number of likely N-dealkylation sites (N-methyl/N-ethyl adjacent to an activating group) is 1. The van der Waals surface area contributed by atoms with E-state index < -0.39 is 24.1 Å². The number of carbonyl (C=O) groups is 2. The highest BCUT2D eigenvalue weighted by Gasteiger charge is 2.52. The zero-order chi connectivity index (χ0) is 21.2. The number of fused-ring (bicyclic) bond motifs is 3. The monoisotopic (exact) mass is 425 g/mol. The van der Waals surface area contributed by atoms with Gasteiger partial charge in [-0.3, -0.25) is 19.9 Å². The van der Waals surface area contributed by atoms with Crippen molar-refractivity contribution in [2.24, 2.45) is 4.99 Å². The molecule has 1 N–H and O–H groups in total. The van der Waals surface area contributed by atoms with Crippen LogP contribution in [0.3, 0.4) is 0 Å². The van der Waals surface area contributed by atoms with Gasteiger partial charge in [0.2, 0.25) is 5.96 Å². The number of hydrogen-bond donors (Lipinski definition) is 1. The van der Waals surface area contributed by atoms with Crippen LogP contribution in [0.2, 0.25) is 5.02 Å². The molecule has 0 saturated carbocycles. The number of halogens is 2. The Balaban J connectivity index is 1.65. The lowest BCUT2D eigenvalue weighted by Gasteiger charge is -2.34. The SMILES string of the molecule is Cc1ccc(N2C(c3ccc(F)cc3)=CN3C2=NC2C3C(=O)NC(=O)N2C)cc1Cl. The van der Waals surface area contributed by atoms with E-state index >= 15 is 0 Å². The molecule has 2 atom stereocenters. The van der Waals surface area contributed by atoms with Crippen LogP contribution in [0.4, 0.5) is 14.9 Å². The lowest BCUT2D eigenvalue weighted by atomic mass is 10.1. The van der Waals surface area contributed by atoms with E-state index in [-0.39, 0.29) is 5.82 Å². The van der Waals surface area contributed by atoms with E-state index in [9.17, 15) is 14.0 Å². The molecule has 3 aliphatic rings. The Morgan fingerprint density at radius 1 is 1.13 bits per heavy atom. The van der Waals surface area contributed by atoms with Crippen molar-refractivity contribution in [2.75, 3.05) is 11.9 Å². The molecule has 152 valence electrons. The molecular weight excluding hydrogens is 409 g/mol. The van der Waals surface area contributed by atoms with Gasteiger partial charge in [-0.05, 0) is 48.9 Å². The maximum Gasteiger partial charge on any atom is 0.325 e. The molecule has 3 heterocycles. The van der Waals surface area contributed by atoms with Crippen molar-refractivity contribution >= 4 is 40.9 Å². The van der Waals surface area contributed by atoms with Crippen molar-refractivity contribution in [2.45, 2.75) is 19.1 Å². The average Bonchev–Trinajstić information content (AvgIpc) is 3.25. The van der Waals surface area contributed by atoms with Crippen LogP contribution in [0, 0.1) is 12.7 Å². The van der Waals surface area contributed by atoms with E-state index in [4.69, 9.17) is 16.6 Å². The summed E-state index contributed by atoms with van der Waals surface area (Å²) in [5.74, 6) is -0.256. The first-order valence-electron chi connectivity index (χ1n) is 9.33. The van der Waals surface area contributed by atoms with Gasteiger partial charge >= 0.3 is 6.03 Å². The van der Waals surface area contributed by atoms with Gasteiger partial charge in [-0.2, -0.15) is 0 Å². The number of carbonyl (C=O) groups excluding carboxylic acids is 2. The molecule has 1 saturated heterocycles. The van der Waals surface area contributed by atoms with Crippen molar-refractivity contribution in [3.8, 4) is 0 Å². The predicted molar refractivity (Wildman–Crippen MR) is 111 cm³/mol. The number of rotatable bonds is 2. The van der Waals surface area contributed by atoms with Crippen molar-refractivity contribution < 1.29 is 14.0 Å². The van der Waals surface area contributed by atoms with E-state index in [0.29, 0.717) is 11.0 Å². The van der Waals surface area contributed by atoms with Gasteiger partial charge in [0.25, 0.3) is 5.91 Å². The summed E-state index contributed by atoms with van der Waals surface area (Å²) in [6, 6.07) is 10.5. The summed E-state index contributed by atoms with van der Waals surface area (Å²) in [4.78, 5) is 34.4. The Kier molecular flexibility index (Phi) is 4.08. The fraction of sp³-hybridized carbons (Fsp3) is 0.190. The molecule has 0 radical (unpaired) electrons. The summed E-state index contributed by atoms with van der Waals surface area (Å²) >= 11 is 6.37. The largest absolute Gasteiger partial charge is 0.325 e. The van der Waals surface area contributed by atoms with Gasteiger partial charge in [-0.1, -0.05) is 17.7 Å². The van der Waals surface area contributed by atoms with Crippen LogP contribution in [0.15, 0.2) is 53.7 Å². The Labute approximate surface area is 177 Å². The van der Waals surface area contributed by atoms with Crippen molar-refractivity contribution in [3.63, 3.8) is 0 Å². The number of aliphatic imine (C=N–C) groups is 1. The van der Waals surface area contributed by atoms with E-state index in [1.807, 2.05) is 30.0 Å². The summed E-state index contributed by atoms with van der Waals surface area (Å²) in [7, 11) is 1.60. The minimum absolute atomic E-state index is 0.341. The van der Waals surface area contributed by atoms with Gasteiger partial charge < -0.3 is 4.90 Å². The minimum atomic E-state index is -0.691. The summed E-state index contributed by atoms with van der Waals surface area (Å²) in [6.07, 6.45) is 1.16. The molecule has 7 nitrogen and oxygen atoms in total. The summed E-state index contributed by atoms with van der Waals surface area (Å²) in [6.45, 7) is 1.91. The third-order valence-electron chi connectivity index (χ3n) is 5.53. The van der Waals surface area contributed by atoms with Crippen LogP contribution in [-0.4, -0.2) is 47.0 Å². The predicted octanol–water partition coefficient (Wildman–Crippen LogP) is 3.15. The fourth-order valence-corrected chi connectivity index (χ4v) is 4.05. The second-order valence-electron chi connectivity index (χ2n) is 7.39. The number of hydrogen-bond acceptors (Lipinski definition) is 5. The Morgan fingerprint density at radius 2 is 1.87 bits per heavy atom. The summed E-state index contributed by atoms with van der Waals surface area (Å²) in [5, 5.41) is 2.95. The zero-order valence-electron chi connectivity index (χ0n) is 16.1. The maximum atomic E-state index is 13.5. The molecule has 2 unspecified atom stereocenters. The van der Waals surface area contributed by atoms with E-state index in [1.165, 1.54) is 17.0 Å². The molecule has 30 heavy (non-hydrogen) atoms. The second kappa shape index (κ2) is 6.56. The van der Waals surface area contributed by atoms with Gasteiger partial charge in [0, 0.05) is 23.8 Å². The lowest BCUT2D eigenvalue weighted by molar-refractivity contribution is -0.126. The summed E-state index contributed by atoms with van der Waals surface area (Å²) in [5.41, 5.74) is 3.15. The van der Waals surface area contributed by atoms with Gasteiger partial charge in [0.15, 0.2) is 12.2 Å². The molecule has 2 aromatic carbocycles. The first-order chi connectivity index (χ1) is 14.3. The number of aryl methyl sites for hydroxylation is 1. The highest BCUT2D eigenvalue weighted by molar-refractivity contribution is 6.32. The zero-order valence-corrected chi connectivity index (χ0v) is 16.9. The highest BCUT2D eigenvalue weighted by atomic mass is 35.5. The molecule has 3 amide bonds. The summed E-state index contributed by atoms with van der Waals surface area (Å²) < 4.78 is 13.5. The van der Waals surface area contributed by atoms with Crippen LogP contribution in [-0.2, 0) is 4.79 Å². The Morgan fingerprint density at radius 3 is 2.57 bits per heavy atom. The smallest absolute Gasteiger partial charge is 0.303 e. The maximum absolute atomic E-state index is 13.5. The highest BCUT2D eigenvalue weighted by Crippen LogP contribution is 2.39. The molecular formula is C21H17ClFN5O2.